The molecule has 0 saturated carbocycles. The van der Waals surface area contributed by atoms with E-state index < -0.39 is 35.3 Å². The van der Waals surface area contributed by atoms with Crippen molar-refractivity contribution >= 4 is 17.6 Å². The van der Waals surface area contributed by atoms with E-state index in [1.165, 1.54) is 17.0 Å². The third-order valence-electron chi connectivity index (χ3n) is 5.21. The molecule has 3 saturated heterocycles. The summed E-state index contributed by atoms with van der Waals surface area (Å²) in [5, 5.41) is 8.87. The fourth-order valence-corrected chi connectivity index (χ4v) is 4.13. The first-order valence-corrected chi connectivity index (χ1v) is 7.72. The number of benzene rings is 1. The van der Waals surface area contributed by atoms with E-state index in [4.69, 9.17) is 5.26 Å². The number of likely N-dealkylation sites (N-methyl/N-ethyl adjacent to an activating group) is 1. The smallest absolute Gasteiger partial charge is 0.306 e. The number of nitrogens with zero attached hydrogens (tertiary/aromatic N) is 4. The van der Waals surface area contributed by atoms with E-state index >= 15 is 0 Å². The van der Waals surface area contributed by atoms with Gasteiger partial charge >= 0.3 is 12.2 Å². The standard InChI is InChI=1S/C16H13F3N4O2/c1-21-7-10-5-12(21)13-14(24)23(15(25)22(10)13)9-3-2-8(6-20)11(4-9)16(17,18)19/h2-4,10,12-13H,5,7H2,1H3/t10-,12-,13+/m1/s1. The highest BCUT2D eigenvalue weighted by Gasteiger charge is 2.61. The molecule has 130 valence electrons. The highest BCUT2D eigenvalue weighted by atomic mass is 19.4. The number of alkyl halides is 3. The molecule has 9 heteroatoms. The van der Waals surface area contributed by atoms with Crippen molar-refractivity contribution in [2.45, 2.75) is 30.7 Å². The molecule has 3 heterocycles. The Balaban J connectivity index is 1.75. The number of carbonyl (C=O) groups excluding carboxylic acids is 2. The van der Waals surface area contributed by atoms with Gasteiger partial charge in [0.05, 0.1) is 22.9 Å². The molecule has 3 fully saturated rings. The minimum atomic E-state index is -4.75. The van der Waals surface area contributed by atoms with E-state index in [2.05, 4.69) is 0 Å². The first-order chi connectivity index (χ1) is 11.7. The second-order valence-corrected chi connectivity index (χ2v) is 6.54. The number of hydrogen-bond acceptors (Lipinski definition) is 4. The topological polar surface area (TPSA) is 67.6 Å². The Morgan fingerprint density at radius 1 is 1.28 bits per heavy atom. The fourth-order valence-electron chi connectivity index (χ4n) is 4.13. The van der Waals surface area contributed by atoms with Crippen molar-refractivity contribution in [2.75, 3.05) is 18.5 Å². The van der Waals surface area contributed by atoms with Crippen LogP contribution in [0.4, 0.5) is 23.7 Å². The number of halogens is 3. The van der Waals surface area contributed by atoms with Crippen molar-refractivity contribution in [3.63, 3.8) is 0 Å². The third-order valence-corrected chi connectivity index (χ3v) is 5.21. The number of piperazine rings is 1. The van der Waals surface area contributed by atoms with Crippen molar-refractivity contribution in [3.05, 3.63) is 29.3 Å². The molecule has 3 aliphatic rings. The number of imide groups is 1. The monoisotopic (exact) mass is 350 g/mol. The highest BCUT2D eigenvalue weighted by molar-refractivity contribution is 6.22. The second-order valence-electron chi connectivity index (χ2n) is 6.54. The molecule has 0 radical (unpaired) electrons. The van der Waals surface area contributed by atoms with Crippen LogP contribution in [0.15, 0.2) is 18.2 Å². The molecule has 25 heavy (non-hydrogen) atoms. The van der Waals surface area contributed by atoms with Crippen LogP contribution in [0.1, 0.15) is 17.5 Å². The molecule has 2 bridgehead atoms. The van der Waals surface area contributed by atoms with E-state index in [9.17, 15) is 22.8 Å². The molecule has 3 atom stereocenters. The maximum Gasteiger partial charge on any atom is 0.417 e. The second kappa shape index (κ2) is 4.95. The molecule has 1 aromatic carbocycles. The normalized spacial score (nSPS) is 28.7. The minimum absolute atomic E-state index is 0.0954. The zero-order valence-electron chi connectivity index (χ0n) is 13.1. The van der Waals surface area contributed by atoms with Crippen LogP contribution >= 0.6 is 0 Å². The third kappa shape index (κ3) is 2.07. The molecule has 0 unspecified atom stereocenters. The van der Waals surface area contributed by atoms with Crippen LogP contribution < -0.4 is 4.90 Å². The number of fused-ring (bicyclic) bond motifs is 5. The first-order valence-electron chi connectivity index (χ1n) is 7.72. The molecular formula is C16H13F3N4O2. The van der Waals surface area contributed by atoms with Gasteiger partial charge in [-0.05, 0) is 31.7 Å². The van der Waals surface area contributed by atoms with Crippen LogP contribution in [-0.4, -0.2) is 53.5 Å². The molecule has 0 aromatic heterocycles. The lowest BCUT2D eigenvalue weighted by Gasteiger charge is -2.32. The number of urea groups is 1. The van der Waals surface area contributed by atoms with E-state index in [0.29, 0.717) is 19.0 Å². The van der Waals surface area contributed by atoms with E-state index in [1.54, 1.807) is 0 Å². The molecule has 0 N–H and O–H groups in total. The Morgan fingerprint density at radius 2 is 2.00 bits per heavy atom. The Bertz CT molecular complexity index is 832. The zero-order chi connectivity index (χ0) is 18.1. The van der Waals surface area contributed by atoms with Crippen LogP contribution in [0.2, 0.25) is 0 Å². The number of nitriles is 1. The number of likely N-dealkylation sites (tertiary alicyclic amines) is 1. The molecular weight excluding hydrogens is 337 g/mol. The molecule has 3 aliphatic heterocycles. The van der Waals surface area contributed by atoms with Crippen LogP contribution in [0, 0.1) is 11.3 Å². The summed E-state index contributed by atoms with van der Waals surface area (Å²) in [6, 6.07) is 2.94. The van der Waals surface area contributed by atoms with Crippen molar-refractivity contribution in [3.8, 4) is 6.07 Å². The summed E-state index contributed by atoms with van der Waals surface area (Å²) in [4.78, 5) is 29.7. The number of rotatable bonds is 1. The van der Waals surface area contributed by atoms with Gasteiger partial charge in [0.15, 0.2) is 0 Å². The van der Waals surface area contributed by atoms with Crippen LogP contribution in [0.5, 0.6) is 0 Å². The number of amides is 3. The zero-order valence-corrected chi connectivity index (χ0v) is 13.1. The van der Waals surface area contributed by atoms with Crippen molar-refractivity contribution < 1.29 is 22.8 Å². The molecule has 6 nitrogen and oxygen atoms in total. The molecule has 3 amide bonds. The van der Waals surface area contributed by atoms with Gasteiger partial charge in [-0.3, -0.25) is 9.69 Å². The average Bonchev–Trinajstić information content (AvgIpc) is 3.17. The Kier molecular flexibility index (Phi) is 3.15. The van der Waals surface area contributed by atoms with Gasteiger partial charge in [0.1, 0.15) is 6.04 Å². The van der Waals surface area contributed by atoms with Gasteiger partial charge in [-0.15, -0.1) is 0 Å². The Morgan fingerprint density at radius 3 is 2.64 bits per heavy atom. The van der Waals surface area contributed by atoms with Crippen LogP contribution in [0.25, 0.3) is 0 Å². The molecule has 0 spiro atoms. The van der Waals surface area contributed by atoms with Crippen molar-refractivity contribution in [2.24, 2.45) is 0 Å². The summed E-state index contributed by atoms with van der Waals surface area (Å²) in [5.41, 5.74) is -1.85. The predicted molar refractivity (Wildman–Crippen MR) is 79.5 cm³/mol. The van der Waals surface area contributed by atoms with E-state index in [1.807, 2.05) is 11.9 Å². The van der Waals surface area contributed by atoms with Crippen LogP contribution in [-0.2, 0) is 11.0 Å². The maximum atomic E-state index is 13.2. The van der Waals surface area contributed by atoms with Gasteiger partial charge in [0.25, 0.3) is 5.91 Å². The quantitative estimate of drug-likeness (QED) is 0.725. The van der Waals surface area contributed by atoms with Gasteiger partial charge in [-0.2, -0.15) is 18.4 Å². The van der Waals surface area contributed by atoms with Crippen molar-refractivity contribution in [1.29, 1.82) is 5.26 Å². The number of anilines is 1. The summed E-state index contributed by atoms with van der Waals surface area (Å²) < 4.78 is 39.5. The van der Waals surface area contributed by atoms with Gasteiger partial charge < -0.3 is 4.90 Å². The lowest BCUT2D eigenvalue weighted by Crippen LogP contribution is -2.51. The van der Waals surface area contributed by atoms with Crippen LogP contribution in [0.3, 0.4) is 0 Å². The molecule has 0 aliphatic carbocycles. The largest absolute Gasteiger partial charge is 0.417 e. The highest BCUT2D eigenvalue weighted by Crippen LogP contribution is 2.42. The molecule has 1 aromatic rings. The van der Waals surface area contributed by atoms with Gasteiger partial charge in [-0.1, -0.05) is 0 Å². The summed E-state index contributed by atoms with van der Waals surface area (Å²) in [5.74, 6) is -0.512. The van der Waals surface area contributed by atoms with Gasteiger partial charge in [-0.25, -0.2) is 9.69 Å². The number of carbonyl (C=O) groups is 2. The Labute approximate surface area is 141 Å². The average molecular weight is 350 g/mol. The minimum Gasteiger partial charge on any atom is -0.306 e. The summed E-state index contributed by atoms with van der Waals surface area (Å²) in [7, 11) is 1.87. The van der Waals surface area contributed by atoms with Gasteiger partial charge in [0, 0.05) is 18.6 Å². The number of hydrogen-bond donors (Lipinski definition) is 0. The summed E-state index contributed by atoms with van der Waals surface area (Å²) in [6.07, 6.45) is -4.05. The SMILES string of the molecule is CN1C[C@H]2C[C@@H]1[C@H]1C(=O)N(c3ccc(C#N)c(C(F)(F)F)c3)C(=O)N21. The maximum absolute atomic E-state index is 13.2. The lowest BCUT2D eigenvalue weighted by molar-refractivity contribution is -0.137. The fraction of sp³-hybridized carbons (Fsp3) is 0.438. The molecule has 4 rings (SSSR count). The van der Waals surface area contributed by atoms with E-state index in [0.717, 1.165) is 11.0 Å². The van der Waals surface area contributed by atoms with Crippen molar-refractivity contribution in [1.82, 2.24) is 9.80 Å². The lowest BCUT2D eigenvalue weighted by atomic mass is 10.1. The first kappa shape index (κ1) is 15.9. The summed E-state index contributed by atoms with van der Waals surface area (Å²) in [6.45, 7) is 0.648. The Hall–Kier alpha value is -2.60. The predicted octanol–water partition coefficient (Wildman–Crippen LogP) is 1.80. The summed E-state index contributed by atoms with van der Waals surface area (Å²) >= 11 is 0. The van der Waals surface area contributed by atoms with E-state index in [-0.39, 0.29) is 17.8 Å². The van der Waals surface area contributed by atoms with Gasteiger partial charge in [0.2, 0.25) is 0 Å².